The Morgan fingerprint density at radius 1 is 0.304 bits per heavy atom. The maximum Gasteiger partial charge on any atom is 0.193 e. The molecule has 0 aliphatic heterocycles. The highest BCUT2D eigenvalue weighted by atomic mass is 16.3. The number of fused-ring (bicyclic) bond motifs is 6. The van der Waals surface area contributed by atoms with Gasteiger partial charge < -0.3 is 14.2 Å². The molecule has 18 aromatic rings. The molecule has 0 bridgehead atoms. The van der Waals surface area contributed by atoms with Gasteiger partial charge in [0, 0.05) is 55.9 Å². The van der Waals surface area contributed by atoms with Gasteiger partial charge in [-0.2, -0.15) is 0 Å². The standard InChI is InChI=1S/C44H33NO.C44H31NO/c2*1-27-11-23-40-38(25-27)39-26-34(18-24-41(39)45(40)35-19-14-33(15-20-35)44(46)32-7-4-3-5-8-32)28(2)36-21-16-31-13-12-29-9-6-10-30-17-22-37(36)43(31)42(29)30/h3-26,28,44,46H,1-2H3;3-26,28H,1-2H3. The van der Waals surface area contributed by atoms with Crippen LogP contribution in [-0.4, -0.2) is 20.0 Å². The summed E-state index contributed by atoms with van der Waals surface area (Å²) in [5.74, 6) is 0.465. The first-order chi connectivity index (χ1) is 45.1. The van der Waals surface area contributed by atoms with Gasteiger partial charge in [0.25, 0.3) is 0 Å². The van der Waals surface area contributed by atoms with Crippen molar-refractivity contribution in [1.29, 1.82) is 0 Å². The van der Waals surface area contributed by atoms with Gasteiger partial charge in [0.2, 0.25) is 0 Å². The quantitative estimate of drug-likeness (QED) is 0.110. The van der Waals surface area contributed by atoms with E-state index in [4.69, 9.17) is 0 Å². The maximum atomic E-state index is 13.1. The molecule has 0 aliphatic rings. The lowest BCUT2D eigenvalue weighted by Gasteiger charge is -2.19. The molecule has 438 valence electrons. The molecular formula is C88H64N2O2. The Balaban J connectivity index is 0.000000141. The van der Waals surface area contributed by atoms with E-state index >= 15 is 0 Å². The van der Waals surface area contributed by atoms with Crippen LogP contribution in [0.3, 0.4) is 0 Å². The normalized spacial score (nSPS) is 13.0. The smallest absolute Gasteiger partial charge is 0.193 e. The number of aromatic nitrogens is 2. The Morgan fingerprint density at radius 2 is 0.652 bits per heavy atom. The van der Waals surface area contributed by atoms with Crippen molar-refractivity contribution in [3.05, 3.63) is 347 Å². The minimum absolute atomic E-state index is 0.0374. The number of aliphatic hydroxyl groups excluding tert-OH is 1. The average molecular weight is 1180 g/mol. The molecule has 2 heterocycles. The van der Waals surface area contributed by atoms with Crippen LogP contribution in [0.15, 0.2) is 291 Å². The highest BCUT2D eigenvalue weighted by Crippen LogP contribution is 2.44. The summed E-state index contributed by atoms with van der Waals surface area (Å²) in [4.78, 5) is 13.1. The zero-order valence-corrected chi connectivity index (χ0v) is 51.7. The highest BCUT2D eigenvalue weighted by Gasteiger charge is 2.23. The number of hydrogen-bond acceptors (Lipinski definition) is 2. The monoisotopic (exact) mass is 1180 g/mol. The first kappa shape index (κ1) is 54.9. The fraction of sp³-hybridized carbons (Fsp3) is 0.0795. The summed E-state index contributed by atoms with van der Waals surface area (Å²) >= 11 is 0. The van der Waals surface area contributed by atoms with E-state index in [1.54, 1.807) is 0 Å². The number of carbonyl (C=O) groups is 1. The van der Waals surface area contributed by atoms with Crippen LogP contribution in [0.4, 0.5) is 0 Å². The van der Waals surface area contributed by atoms with Gasteiger partial charge in [-0.15, -0.1) is 0 Å². The minimum Gasteiger partial charge on any atom is -0.384 e. The lowest BCUT2D eigenvalue weighted by molar-refractivity contribution is 0.103. The SMILES string of the molecule is Cc1ccc2c(c1)c1cc(C(C)c3ccc4ccc5cccc6ccc3c4c56)ccc1n2-c1ccc(C(=O)c2ccccc2)cc1.Cc1ccc2c(c1)c1cc(C(C)c3ccc4ccc5cccc6ccc3c4c56)ccc1n2-c1ccc(C(O)c2ccccc2)cc1. The Morgan fingerprint density at radius 3 is 1.11 bits per heavy atom. The van der Waals surface area contributed by atoms with E-state index in [1.165, 1.54) is 131 Å². The van der Waals surface area contributed by atoms with Crippen LogP contribution in [0.2, 0.25) is 0 Å². The molecular weight excluding hydrogens is 1120 g/mol. The van der Waals surface area contributed by atoms with Crippen LogP contribution in [0, 0.1) is 13.8 Å². The van der Waals surface area contributed by atoms with Crippen molar-refractivity contribution < 1.29 is 9.90 Å². The zero-order chi connectivity index (χ0) is 61.9. The number of nitrogens with zero attached hydrogens (tertiary/aromatic N) is 2. The molecule has 0 saturated carbocycles. The van der Waals surface area contributed by atoms with Gasteiger partial charge >= 0.3 is 0 Å². The second kappa shape index (κ2) is 21.8. The topological polar surface area (TPSA) is 47.2 Å². The van der Waals surface area contributed by atoms with Crippen LogP contribution in [0.1, 0.15) is 92.2 Å². The van der Waals surface area contributed by atoms with Gasteiger partial charge in [-0.3, -0.25) is 4.79 Å². The molecule has 2 aromatic heterocycles. The van der Waals surface area contributed by atoms with Crippen molar-refractivity contribution in [1.82, 2.24) is 9.13 Å². The number of ketones is 1. The molecule has 3 atom stereocenters. The van der Waals surface area contributed by atoms with Crippen LogP contribution in [0.25, 0.3) is 120 Å². The van der Waals surface area contributed by atoms with Gasteiger partial charge in [0.1, 0.15) is 6.10 Å². The molecule has 16 aromatic carbocycles. The summed E-state index contributed by atoms with van der Waals surface area (Å²) in [6.45, 7) is 9.00. The highest BCUT2D eigenvalue weighted by molar-refractivity contribution is 6.25. The fourth-order valence-electron chi connectivity index (χ4n) is 15.2. The van der Waals surface area contributed by atoms with Crippen LogP contribution in [-0.2, 0) is 0 Å². The van der Waals surface area contributed by atoms with E-state index < -0.39 is 6.10 Å². The second-order valence-electron chi connectivity index (χ2n) is 25.4. The van der Waals surface area contributed by atoms with Crippen LogP contribution >= 0.6 is 0 Å². The number of benzene rings is 16. The van der Waals surface area contributed by atoms with Gasteiger partial charge in [-0.1, -0.05) is 231 Å². The third kappa shape index (κ3) is 8.96. The largest absolute Gasteiger partial charge is 0.384 e. The van der Waals surface area contributed by atoms with E-state index in [1.807, 2.05) is 84.9 Å². The third-order valence-electron chi connectivity index (χ3n) is 20.0. The summed E-state index contributed by atoms with van der Waals surface area (Å²) in [5.41, 5.74) is 17.8. The summed E-state index contributed by atoms with van der Waals surface area (Å²) in [5, 5.41) is 31.9. The summed E-state index contributed by atoms with van der Waals surface area (Å²) in [6.07, 6.45) is -0.653. The Hall–Kier alpha value is -11.2. The number of carbonyl (C=O) groups excluding carboxylic acids is 1. The lowest BCUT2D eigenvalue weighted by atomic mass is 9.85. The number of rotatable bonds is 10. The molecule has 4 heteroatoms. The molecule has 0 saturated heterocycles. The fourth-order valence-corrected chi connectivity index (χ4v) is 15.2. The average Bonchev–Trinajstić information content (AvgIpc) is 1.35. The van der Waals surface area contributed by atoms with Crippen molar-refractivity contribution in [2.24, 2.45) is 0 Å². The first-order valence-electron chi connectivity index (χ1n) is 32.1. The Bertz CT molecular complexity index is 5870. The molecule has 0 amide bonds. The summed E-state index contributed by atoms with van der Waals surface area (Å²) in [6, 6.07) is 104. The number of aliphatic hydroxyl groups is 1. The zero-order valence-electron chi connectivity index (χ0n) is 51.7. The predicted molar refractivity (Wildman–Crippen MR) is 387 cm³/mol. The van der Waals surface area contributed by atoms with Crippen molar-refractivity contribution in [2.75, 3.05) is 0 Å². The summed E-state index contributed by atoms with van der Waals surface area (Å²) < 4.78 is 4.68. The number of hydrogen-bond donors (Lipinski definition) is 1. The van der Waals surface area contributed by atoms with Crippen LogP contribution in [0.5, 0.6) is 0 Å². The van der Waals surface area contributed by atoms with E-state index in [-0.39, 0.29) is 17.6 Å². The molecule has 18 rings (SSSR count). The van der Waals surface area contributed by atoms with Crippen molar-refractivity contribution >= 4 is 114 Å². The van der Waals surface area contributed by atoms with E-state index in [2.05, 4.69) is 243 Å². The summed E-state index contributed by atoms with van der Waals surface area (Å²) in [7, 11) is 0. The molecule has 0 radical (unpaired) electrons. The van der Waals surface area contributed by atoms with E-state index in [9.17, 15) is 9.90 Å². The van der Waals surface area contributed by atoms with Gasteiger partial charge in [-0.25, -0.2) is 0 Å². The lowest BCUT2D eigenvalue weighted by Crippen LogP contribution is -2.02. The first-order valence-corrected chi connectivity index (χ1v) is 32.1. The molecule has 4 nitrogen and oxygen atoms in total. The molecule has 0 aliphatic carbocycles. The minimum atomic E-state index is -0.653. The second-order valence-corrected chi connectivity index (χ2v) is 25.4. The Kier molecular flexibility index (Phi) is 13.0. The van der Waals surface area contributed by atoms with Crippen molar-refractivity contribution in [3.63, 3.8) is 0 Å². The van der Waals surface area contributed by atoms with Gasteiger partial charge in [-0.05, 0) is 197 Å². The van der Waals surface area contributed by atoms with Crippen molar-refractivity contribution in [3.8, 4) is 11.4 Å². The molecule has 3 unspecified atom stereocenters. The van der Waals surface area contributed by atoms with Crippen molar-refractivity contribution in [2.45, 2.75) is 45.6 Å². The molecule has 0 spiro atoms. The van der Waals surface area contributed by atoms with Crippen LogP contribution < -0.4 is 0 Å². The number of aryl methyl sites for hydroxylation is 2. The maximum absolute atomic E-state index is 13.1. The predicted octanol–water partition coefficient (Wildman–Crippen LogP) is 22.6. The van der Waals surface area contributed by atoms with E-state index in [0.717, 1.165) is 33.5 Å². The molecule has 0 fully saturated rings. The van der Waals surface area contributed by atoms with Gasteiger partial charge in [0.15, 0.2) is 5.78 Å². The van der Waals surface area contributed by atoms with E-state index in [0.29, 0.717) is 11.1 Å². The third-order valence-corrected chi connectivity index (χ3v) is 20.0. The Labute approximate surface area is 533 Å². The molecule has 92 heavy (non-hydrogen) atoms. The molecule has 1 N–H and O–H groups in total. The van der Waals surface area contributed by atoms with Gasteiger partial charge in [0.05, 0.1) is 22.1 Å².